The number of rotatable bonds is 8. The molecule has 1 saturated heterocycles. The van der Waals surface area contributed by atoms with Crippen LogP contribution in [0.5, 0.6) is 11.5 Å². The number of hydrogen-bond acceptors (Lipinski definition) is 8. The number of methoxy groups -OCH3 is 1. The van der Waals surface area contributed by atoms with Crippen LogP contribution in [0.3, 0.4) is 0 Å². The Morgan fingerprint density at radius 2 is 1.71 bits per heavy atom. The second-order valence-corrected chi connectivity index (χ2v) is 7.12. The third kappa shape index (κ3) is 5.20. The average Bonchev–Trinajstić information content (AvgIpc) is 2.78. The number of carbonyl (C=O) groups excluding carboxylic acids is 1. The van der Waals surface area contributed by atoms with Crippen LogP contribution < -0.4 is 9.47 Å². The molecule has 3 rings (SSSR count). The van der Waals surface area contributed by atoms with Gasteiger partial charge in [-0.3, -0.25) is 4.79 Å². The van der Waals surface area contributed by atoms with Gasteiger partial charge in [0.2, 0.25) is 6.29 Å². The van der Waals surface area contributed by atoms with Gasteiger partial charge in [-0.1, -0.05) is 30.3 Å². The van der Waals surface area contributed by atoms with Gasteiger partial charge in [-0.2, -0.15) is 0 Å². The maximum Gasteiger partial charge on any atom is 0.335 e. The molecule has 5 atom stereocenters. The molecule has 0 aliphatic carbocycles. The van der Waals surface area contributed by atoms with Crippen molar-refractivity contribution in [1.82, 2.24) is 0 Å². The highest BCUT2D eigenvalue weighted by Crippen LogP contribution is 2.30. The summed E-state index contributed by atoms with van der Waals surface area (Å²) < 4.78 is 15.9. The Labute approximate surface area is 178 Å². The molecule has 1 heterocycles. The smallest absolute Gasteiger partial charge is 0.335 e. The zero-order valence-electron chi connectivity index (χ0n) is 16.7. The number of carbonyl (C=O) groups is 2. The Balaban J connectivity index is 1.82. The lowest BCUT2D eigenvalue weighted by atomic mass is 9.98. The van der Waals surface area contributed by atoms with Gasteiger partial charge < -0.3 is 34.6 Å². The van der Waals surface area contributed by atoms with Crippen LogP contribution in [-0.4, -0.2) is 70.0 Å². The number of aliphatic carboxylic acids is 1. The van der Waals surface area contributed by atoms with Crippen molar-refractivity contribution in [3.05, 3.63) is 59.7 Å². The second kappa shape index (κ2) is 9.88. The first-order chi connectivity index (χ1) is 14.8. The monoisotopic (exact) mass is 432 g/mol. The second-order valence-electron chi connectivity index (χ2n) is 7.12. The number of aliphatic hydroxyl groups is 3. The van der Waals surface area contributed by atoms with Crippen molar-refractivity contribution in [3.63, 3.8) is 0 Å². The summed E-state index contributed by atoms with van der Waals surface area (Å²) in [7, 11) is 1.42. The molecule has 0 aromatic heterocycles. The number of ether oxygens (including phenoxy) is 3. The van der Waals surface area contributed by atoms with E-state index in [2.05, 4.69) is 0 Å². The number of ketones is 1. The molecule has 0 amide bonds. The van der Waals surface area contributed by atoms with Gasteiger partial charge in [-0.05, 0) is 24.1 Å². The first-order valence-electron chi connectivity index (χ1n) is 9.66. The first kappa shape index (κ1) is 22.7. The number of aliphatic hydroxyl groups excluding tert-OH is 3. The molecule has 1 fully saturated rings. The van der Waals surface area contributed by atoms with Crippen molar-refractivity contribution in [1.29, 1.82) is 0 Å². The maximum absolute atomic E-state index is 12.8. The third-order valence-electron chi connectivity index (χ3n) is 5.03. The van der Waals surface area contributed by atoms with E-state index in [1.807, 2.05) is 30.3 Å². The van der Waals surface area contributed by atoms with Gasteiger partial charge in [0.1, 0.15) is 29.8 Å². The summed E-state index contributed by atoms with van der Waals surface area (Å²) in [5, 5.41) is 39.2. The minimum Gasteiger partial charge on any atom is -0.497 e. The molecule has 5 unspecified atom stereocenters. The summed E-state index contributed by atoms with van der Waals surface area (Å²) in [5.41, 5.74) is 1.17. The molecule has 0 bridgehead atoms. The molecule has 31 heavy (non-hydrogen) atoms. The van der Waals surface area contributed by atoms with Crippen LogP contribution in [0.25, 0.3) is 0 Å². The van der Waals surface area contributed by atoms with Crippen LogP contribution in [0.15, 0.2) is 48.5 Å². The predicted octanol–water partition coefficient (Wildman–Crippen LogP) is 0.782. The molecule has 1 aliphatic rings. The van der Waals surface area contributed by atoms with Crippen LogP contribution in [0.2, 0.25) is 0 Å². The molecular weight excluding hydrogens is 408 g/mol. The maximum atomic E-state index is 12.8. The average molecular weight is 432 g/mol. The van der Waals surface area contributed by atoms with Gasteiger partial charge in [0.25, 0.3) is 0 Å². The Morgan fingerprint density at radius 1 is 1.00 bits per heavy atom. The van der Waals surface area contributed by atoms with Crippen LogP contribution in [0.1, 0.15) is 22.3 Å². The Kier molecular flexibility index (Phi) is 7.24. The van der Waals surface area contributed by atoms with E-state index in [4.69, 9.17) is 14.2 Å². The van der Waals surface area contributed by atoms with Crippen molar-refractivity contribution in [3.8, 4) is 11.5 Å². The van der Waals surface area contributed by atoms with Crippen LogP contribution >= 0.6 is 0 Å². The molecule has 9 nitrogen and oxygen atoms in total. The quantitative estimate of drug-likeness (QED) is 0.445. The van der Waals surface area contributed by atoms with E-state index in [9.17, 15) is 30.0 Å². The molecule has 2 aromatic carbocycles. The lowest BCUT2D eigenvalue weighted by molar-refractivity contribution is -0.271. The Bertz CT molecular complexity index is 914. The normalized spacial score (nSPS) is 25.6. The summed E-state index contributed by atoms with van der Waals surface area (Å²) in [6, 6.07) is 13.9. The van der Waals surface area contributed by atoms with Crippen LogP contribution in [0.4, 0.5) is 0 Å². The van der Waals surface area contributed by atoms with Gasteiger partial charge in [0.05, 0.1) is 12.7 Å². The highest BCUT2D eigenvalue weighted by Gasteiger charge is 2.48. The van der Waals surface area contributed by atoms with E-state index in [-0.39, 0.29) is 23.5 Å². The summed E-state index contributed by atoms with van der Waals surface area (Å²) in [6.07, 6.45) is -8.17. The van der Waals surface area contributed by atoms with E-state index in [1.165, 1.54) is 19.2 Å². The summed E-state index contributed by atoms with van der Waals surface area (Å²) >= 11 is 0. The summed E-state index contributed by atoms with van der Waals surface area (Å²) in [5.74, 6) is -1.43. The molecule has 4 N–H and O–H groups in total. The third-order valence-corrected chi connectivity index (χ3v) is 5.03. The van der Waals surface area contributed by atoms with E-state index >= 15 is 0 Å². The standard InChI is InChI=1S/C22H24O9/c1-29-13-8-9-14(15(23)10-7-12-5-3-2-4-6-12)16(11-13)30-22-19(26)17(24)18(25)20(31-22)21(27)28/h2-6,8-9,11,17-20,22,24-26H,7,10H2,1H3,(H,27,28). The number of aryl methyl sites for hydroxylation is 1. The fourth-order valence-electron chi connectivity index (χ4n) is 3.27. The van der Waals surface area contributed by atoms with Crippen molar-refractivity contribution in [2.24, 2.45) is 0 Å². The highest BCUT2D eigenvalue weighted by atomic mass is 16.7. The summed E-state index contributed by atoms with van der Waals surface area (Å²) in [4.78, 5) is 24.1. The highest BCUT2D eigenvalue weighted by molar-refractivity contribution is 5.99. The molecule has 1 aliphatic heterocycles. The molecule has 0 radical (unpaired) electrons. The zero-order valence-corrected chi connectivity index (χ0v) is 16.7. The number of benzene rings is 2. The molecule has 166 valence electrons. The van der Waals surface area contributed by atoms with Gasteiger partial charge in [-0.15, -0.1) is 0 Å². The zero-order chi connectivity index (χ0) is 22.5. The molecule has 9 heteroatoms. The Morgan fingerprint density at radius 3 is 2.35 bits per heavy atom. The minimum absolute atomic E-state index is 0.00538. The fourth-order valence-corrected chi connectivity index (χ4v) is 3.27. The SMILES string of the molecule is COc1ccc(C(=O)CCc2ccccc2)c(OC2OC(C(=O)O)C(O)C(O)C2O)c1. The van der Waals surface area contributed by atoms with Crippen molar-refractivity contribution in [2.75, 3.05) is 7.11 Å². The molecule has 0 spiro atoms. The van der Waals surface area contributed by atoms with Crippen molar-refractivity contribution >= 4 is 11.8 Å². The lowest BCUT2D eigenvalue weighted by Crippen LogP contribution is -2.61. The molecule has 0 saturated carbocycles. The van der Waals surface area contributed by atoms with E-state index in [1.54, 1.807) is 6.07 Å². The van der Waals surface area contributed by atoms with Crippen LogP contribution in [0, 0.1) is 0 Å². The van der Waals surface area contributed by atoms with Gasteiger partial charge >= 0.3 is 5.97 Å². The lowest BCUT2D eigenvalue weighted by Gasteiger charge is -2.38. The van der Waals surface area contributed by atoms with Gasteiger partial charge in [0.15, 0.2) is 11.9 Å². The number of Topliss-reactive ketones (excluding diaryl/α,β-unsaturated/α-hetero) is 1. The number of hydrogen-bond donors (Lipinski definition) is 4. The molecular formula is C22H24O9. The van der Waals surface area contributed by atoms with Gasteiger partial charge in [-0.25, -0.2) is 4.79 Å². The minimum atomic E-state index is -1.84. The van der Waals surface area contributed by atoms with Crippen LogP contribution in [-0.2, 0) is 16.0 Å². The van der Waals surface area contributed by atoms with Crippen molar-refractivity contribution in [2.45, 2.75) is 43.5 Å². The van der Waals surface area contributed by atoms with Gasteiger partial charge in [0, 0.05) is 12.5 Å². The topological polar surface area (TPSA) is 143 Å². The van der Waals surface area contributed by atoms with E-state index in [0.29, 0.717) is 12.2 Å². The summed E-state index contributed by atoms with van der Waals surface area (Å²) in [6.45, 7) is 0. The number of carboxylic acids is 1. The first-order valence-corrected chi connectivity index (χ1v) is 9.66. The fraction of sp³-hybridized carbons (Fsp3) is 0.364. The van der Waals surface area contributed by atoms with Crippen molar-refractivity contribution < 1.29 is 44.2 Å². The van der Waals surface area contributed by atoms with E-state index < -0.39 is 36.7 Å². The largest absolute Gasteiger partial charge is 0.497 e. The number of carboxylic acid groups (broad SMARTS) is 1. The van der Waals surface area contributed by atoms with E-state index in [0.717, 1.165) is 5.56 Å². The Hall–Kier alpha value is -2.98. The molecule has 2 aromatic rings. The predicted molar refractivity (Wildman–Crippen MR) is 107 cm³/mol.